The highest BCUT2D eigenvalue weighted by molar-refractivity contribution is 4.92. The number of aliphatic hydroxyl groups is 1. The smallest absolute Gasteiger partial charge is 0.0702 e. The zero-order valence-corrected chi connectivity index (χ0v) is 12.2. The molecule has 0 aromatic carbocycles. The summed E-state index contributed by atoms with van der Waals surface area (Å²) in [5.41, 5.74) is 0.105. The molecule has 18 heavy (non-hydrogen) atoms. The molecular formula is C15H29NO2. The Balaban J connectivity index is 1.82. The lowest BCUT2D eigenvalue weighted by Crippen LogP contribution is -2.39. The number of ether oxygens (including phenoxy) is 1. The van der Waals surface area contributed by atoms with Gasteiger partial charge in [-0.25, -0.2) is 0 Å². The van der Waals surface area contributed by atoms with E-state index in [1.54, 1.807) is 0 Å². The Bertz CT molecular complexity index is 261. The summed E-state index contributed by atoms with van der Waals surface area (Å²) in [4.78, 5) is 2.46. The van der Waals surface area contributed by atoms with Crippen molar-refractivity contribution in [3.8, 4) is 0 Å². The Hall–Kier alpha value is -0.120. The molecule has 1 heterocycles. The second kappa shape index (κ2) is 5.89. The highest BCUT2D eigenvalue weighted by Gasteiger charge is 2.41. The van der Waals surface area contributed by atoms with Gasteiger partial charge in [-0.1, -0.05) is 20.8 Å². The average Bonchev–Trinajstić information content (AvgIpc) is 2.92. The number of hydrogen-bond acceptors (Lipinski definition) is 3. The summed E-state index contributed by atoms with van der Waals surface area (Å²) in [5, 5.41) is 10.4. The van der Waals surface area contributed by atoms with Crippen LogP contribution in [0, 0.1) is 11.3 Å². The van der Waals surface area contributed by atoms with E-state index in [0.717, 1.165) is 39.1 Å². The van der Waals surface area contributed by atoms with Crippen molar-refractivity contribution < 1.29 is 9.84 Å². The van der Waals surface area contributed by atoms with Crippen molar-refractivity contribution in [1.29, 1.82) is 0 Å². The fourth-order valence-corrected chi connectivity index (χ4v) is 3.43. The monoisotopic (exact) mass is 255 g/mol. The fraction of sp³-hybridized carbons (Fsp3) is 1.00. The number of hydrogen-bond donors (Lipinski definition) is 1. The topological polar surface area (TPSA) is 32.7 Å². The summed E-state index contributed by atoms with van der Waals surface area (Å²) in [6.45, 7) is 10.6. The maximum Gasteiger partial charge on any atom is 0.0702 e. The molecule has 0 bridgehead atoms. The molecule has 3 unspecified atom stereocenters. The quantitative estimate of drug-likeness (QED) is 0.818. The van der Waals surface area contributed by atoms with E-state index in [1.165, 1.54) is 12.8 Å². The van der Waals surface area contributed by atoms with Crippen LogP contribution >= 0.6 is 0 Å². The van der Waals surface area contributed by atoms with Gasteiger partial charge in [0.05, 0.1) is 12.2 Å². The van der Waals surface area contributed by atoms with Gasteiger partial charge in [0.2, 0.25) is 0 Å². The minimum atomic E-state index is -0.143. The van der Waals surface area contributed by atoms with Gasteiger partial charge in [0, 0.05) is 19.7 Å². The van der Waals surface area contributed by atoms with Crippen LogP contribution in [0.5, 0.6) is 0 Å². The van der Waals surface area contributed by atoms with Gasteiger partial charge >= 0.3 is 0 Å². The zero-order valence-electron chi connectivity index (χ0n) is 12.2. The first-order valence-corrected chi connectivity index (χ1v) is 7.55. The molecule has 0 spiro atoms. The molecule has 2 fully saturated rings. The fourth-order valence-electron chi connectivity index (χ4n) is 3.43. The van der Waals surface area contributed by atoms with Gasteiger partial charge in [-0.3, -0.25) is 0 Å². The van der Waals surface area contributed by atoms with Crippen LogP contribution in [0.15, 0.2) is 0 Å². The van der Waals surface area contributed by atoms with E-state index < -0.39 is 0 Å². The van der Waals surface area contributed by atoms with Crippen molar-refractivity contribution in [3.63, 3.8) is 0 Å². The van der Waals surface area contributed by atoms with Crippen molar-refractivity contribution >= 4 is 0 Å². The molecular weight excluding hydrogens is 226 g/mol. The number of aliphatic hydroxyl groups excluding tert-OH is 1. The normalized spacial score (nSPS) is 35.5. The summed E-state index contributed by atoms with van der Waals surface area (Å²) >= 11 is 0. The highest BCUT2D eigenvalue weighted by atomic mass is 16.5. The number of nitrogens with zero attached hydrogens (tertiary/aromatic N) is 1. The zero-order chi connectivity index (χ0) is 13.2. The molecule has 0 aromatic rings. The second-order valence-corrected chi connectivity index (χ2v) is 6.72. The maximum absolute atomic E-state index is 10.4. The first kappa shape index (κ1) is 14.3. The highest BCUT2D eigenvalue weighted by Crippen LogP contribution is 2.41. The minimum Gasteiger partial charge on any atom is -0.392 e. The Kier molecular flexibility index (Phi) is 4.68. The van der Waals surface area contributed by atoms with E-state index in [0.29, 0.717) is 12.0 Å². The molecule has 0 aromatic heterocycles. The lowest BCUT2D eigenvalue weighted by molar-refractivity contribution is 0.0216. The van der Waals surface area contributed by atoms with Gasteiger partial charge in [0.1, 0.15) is 0 Å². The second-order valence-electron chi connectivity index (χ2n) is 6.72. The average molecular weight is 255 g/mol. The van der Waals surface area contributed by atoms with Gasteiger partial charge in [0.15, 0.2) is 0 Å². The summed E-state index contributed by atoms with van der Waals surface area (Å²) in [6, 6.07) is 0. The Labute approximate surface area is 112 Å². The molecule has 3 heteroatoms. The number of rotatable bonds is 5. The lowest BCUT2D eigenvalue weighted by atomic mass is 9.87. The largest absolute Gasteiger partial charge is 0.392 e. The summed E-state index contributed by atoms with van der Waals surface area (Å²) in [7, 11) is 0. The van der Waals surface area contributed by atoms with Crippen LogP contribution in [-0.4, -0.2) is 48.5 Å². The van der Waals surface area contributed by atoms with Crippen LogP contribution in [-0.2, 0) is 4.74 Å². The van der Waals surface area contributed by atoms with Crippen molar-refractivity contribution in [1.82, 2.24) is 4.90 Å². The first-order valence-electron chi connectivity index (χ1n) is 7.55. The van der Waals surface area contributed by atoms with Gasteiger partial charge in [-0.05, 0) is 43.6 Å². The Morgan fingerprint density at radius 3 is 2.56 bits per heavy atom. The maximum atomic E-state index is 10.4. The SMILES string of the molecule is CCN(CC1CCCO1)CC1CCC(C)(C)C1O. The van der Waals surface area contributed by atoms with Crippen LogP contribution in [0.3, 0.4) is 0 Å². The van der Waals surface area contributed by atoms with Gasteiger partial charge in [-0.2, -0.15) is 0 Å². The van der Waals surface area contributed by atoms with Crippen molar-refractivity contribution in [2.45, 2.75) is 58.7 Å². The first-order chi connectivity index (χ1) is 8.53. The molecule has 1 aliphatic heterocycles. The van der Waals surface area contributed by atoms with Gasteiger partial charge in [0.25, 0.3) is 0 Å². The van der Waals surface area contributed by atoms with Crippen molar-refractivity contribution in [3.05, 3.63) is 0 Å². The molecule has 0 radical (unpaired) electrons. The standard InChI is InChI=1S/C15H29NO2/c1-4-16(11-13-6-5-9-18-13)10-12-7-8-15(2,3)14(12)17/h12-14,17H,4-11H2,1-3H3. The third kappa shape index (κ3) is 3.25. The van der Waals surface area contributed by atoms with E-state index in [4.69, 9.17) is 4.74 Å². The summed E-state index contributed by atoms with van der Waals surface area (Å²) < 4.78 is 5.71. The third-order valence-corrected chi connectivity index (χ3v) is 4.83. The van der Waals surface area contributed by atoms with Crippen LogP contribution in [0.1, 0.15) is 46.5 Å². The van der Waals surface area contributed by atoms with E-state index in [-0.39, 0.29) is 11.5 Å². The van der Waals surface area contributed by atoms with Gasteiger partial charge < -0.3 is 14.7 Å². The van der Waals surface area contributed by atoms with E-state index in [2.05, 4.69) is 25.7 Å². The molecule has 106 valence electrons. The molecule has 3 nitrogen and oxygen atoms in total. The van der Waals surface area contributed by atoms with Crippen LogP contribution in [0.2, 0.25) is 0 Å². The van der Waals surface area contributed by atoms with Crippen LogP contribution < -0.4 is 0 Å². The molecule has 1 saturated heterocycles. The van der Waals surface area contributed by atoms with Crippen LogP contribution in [0.4, 0.5) is 0 Å². The van der Waals surface area contributed by atoms with Crippen LogP contribution in [0.25, 0.3) is 0 Å². The molecule has 3 atom stereocenters. The summed E-state index contributed by atoms with van der Waals surface area (Å²) in [5.74, 6) is 0.446. The number of likely N-dealkylation sites (N-methyl/N-ethyl adjacent to an activating group) is 1. The molecule has 0 amide bonds. The minimum absolute atomic E-state index is 0.105. The molecule has 1 N–H and O–H groups in total. The predicted molar refractivity (Wildman–Crippen MR) is 73.6 cm³/mol. The van der Waals surface area contributed by atoms with E-state index in [1.807, 2.05) is 0 Å². The molecule has 2 rings (SSSR count). The Morgan fingerprint density at radius 1 is 1.28 bits per heavy atom. The third-order valence-electron chi connectivity index (χ3n) is 4.83. The Morgan fingerprint density at radius 2 is 2.06 bits per heavy atom. The molecule has 2 aliphatic rings. The van der Waals surface area contributed by atoms with Crippen molar-refractivity contribution in [2.75, 3.05) is 26.2 Å². The lowest BCUT2D eigenvalue weighted by Gasteiger charge is -2.30. The molecule has 1 saturated carbocycles. The summed E-state index contributed by atoms with van der Waals surface area (Å²) in [6.07, 6.45) is 5.01. The van der Waals surface area contributed by atoms with E-state index >= 15 is 0 Å². The predicted octanol–water partition coefficient (Wildman–Crippen LogP) is 2.28. The van der Waals surface area contributed by atoms with Gasteiger partial charge in [-0.15, -0.1) is 0 Å². The van der Waals surface area contributed by atoms with E-state index in [9.17, 15) is 5.11 Å². The van der Waals surface area contributed by atoms with Crippen molar-refractivity contribution in [2.24, 2.45) is 11.3 Å². The molecule has 1 aliphatic carbocycles.